The number of ketones is 1. The van der Waals surface area contributed by atoms with Crippen LogP contribution in [-0.4, -0.2) is 21.8 Å². The van der Waals surface area contributed by atoms with Gasteiger partial charge in [-0.2, -0.15) is 4.98 Å². The summed E-state index contributed by atoms with van der Waals surface area (Å²) in [5, 5.41) is 6.67. The van der Waals surface area contributed by atoms with E-state index in [0.717, 1.165) is 11.1 Å². The minimum atomic E-state index is -0.361. The molecule has 0 radical (unpaired) electrons. The largest absolute Gasteiger partial charge is 0.345 e. The first-order chi connectivity index (χ1) is 13.7. The van der Waals surface area contributed by atoms with E-state index in [-0.39, 0.29) is 23.7 Å². The Morgan fingerprint density at radius 3 is 2.31 bits per heavy atom. The number of rotatable bonds is 5. The van der Waals surface area contributed by atoms with Gasteiger partial charge in [0.1, 0.15) is 0 Å². The van der Waals surface area contributed by atoms with Crippen molar-refractivity contribution in [3.05, 3.63) is 82.0 Å². The third-order valence-electron chi connectivity index (χ3n) is 4.70. The van der Waals surface area contributed by atoms with Gasteiger partial charge in [-0.1, -0.05) is 56.3 Å². The van der Waals surface area contributed by atoms with E-state index in [4.69, 9.17) is 4.52 Å². The SMILES string of the molecule is Cc1ccc(C(=O)c2ccccc2C(=O)NCc2noc(C(C)(C)C)n2)cc1C. The highest BCUT2D eigenvalue weighted by atomic mass is 16.5. The van der Waals surface area contributed by atoms with Gasteiger partial charge in [0.25, 0.3) is 5.91 Å². The summed E-state index contributed by atoms with van der Waals surface area (Å²) >= 11 is 0. The number of aromatic nitrogens is 2. The summed E-state index contributed by atoms with van der Waals surface area (Å²) < 4.78 is 5.24. The lowest BCUT2D eigenvalue weighted by Gasteiger charge is -2.10. The molecule has 1 heterocycles. The van der Waals surface area contributed by atoms with Crippen LogP contribution in [0.3, 0.4) is 0 Å². The number of aryl methyl sites for hydroxylation is 2. The van der Waals surface area contributed by atoms with Gasteiger partial charge >= 0.3 is 0 Å². The first-order valence-electron chi connectivity index (χ1n) is 9.49. The summed E-state index contributed by atoms with van der Waals surface area (Å²) in [6.07, 6.45) is 0. The van der Waals surface area contributed by atoms with E-state index in [2.05, 4.69) is 15.5 Å². The summed E-state index contributed by atoms with van der Waals surface area (Å²) in [5.74, 6) is 0.349. The molecule has 1 N–H and O–H groups in total. The zero-order valence-electron chi connectivity index (χ0n) is 17.4. The van der Waals surface area contributed by atoms with Crippen molar-refractivity contribution in [2.45, 2.75) is 46.6 Å². The molecule has 0 aliphatic rings. The minimum absolute atomic E-state index is 0.116. The molecule has 0 atom stereocenters. The van der Waals surface area contributed by atoms with Crippen LogP contribution in [0.4, 0.5) is 0 Å². The van der Waals surface area contributed by atoms with E-state index in [0.29, 0.717) is 28.4 Å². The molecule has 3 rings (SSSR count). The third kappa shape index (κ3) is 4.59. The molecule has 0 fully saturated rings. The predicted octanol–water partition coefficient (Wildman–Crippen LogP) is 4.14. The van der Waals surface area contributed by atoms with Crippen molar-refractivity contribution in [1.82, 2.24) is 15.5 Å². The van der Waals surface area contributed by atoms with Gasteiger partial charge in [0, 0.05) is 16.5 Å². The van der Waals surface area contributed by atoms with E-state index >= 15 is 0 Å². The second-order valence-corrected chi connectivity index (χ2v) is 8.12. The van der Waals surface area contributed by atoms with E-state index < -0.39 is 0 Å². The third-order valence-corrected chi connectivity index (χ3v) is 4.70. The number of hydrogen-bond donors (Lipinski definition) is 1. The monoisotopic (exact) mass is 391 g/mol. The summed E-state index contributed by atoms with van der Waals surface area (Å²) in [5.41, 5.74) is 3.11. The quantitative estimate of drug-likeness (QED) is 0.661. The molecule has 0 bridgehead atoms. The molecule has 0 aliphatic heterocycles. The first kappa shape index (κ1) is 20.5. The van der Waals surface area contributed by atoms with Crippen molar-refractivity contribution in [2.24, 2.45) is 0 Å². The average molecular weight is 391 g/mol. The molecular formula is C23H25N3O3. The van der Waals surface area contributed by atoms with Gasteiger partial charge in [0.2, 0.25) is 5.89 Å². The molecule has 0 aliphatic carbocycles. The topological polar surface area (TPSA) is 85.1 Å². The molecule has 6 heteroatoms. The molecule has 0 spiro atoms. The van der Waals surface area contributed by atoms with E-state index in [1.54, 1.807) is 30.3 Å². The first-order valence-corrected chi connectivity index (χ1v) is 9.49. The lowest BCUT2D eigenvalue weighted by Crippen LogP contribution is -2.25. The Hall–Kier alpha value is -3.28. The zero-order valence-corrected chi connectivity index (χ0v) is 17.4. The van der Waals surface area contributed by atoms with Crippen LogP contribution >= 0.6 is 0 Å². The van der Waals surface area contributed by atoms with Crippen LogP contribution < -0.4 is 5.32 Å². The number of nitrogens with zero attached hydrogens (tertiary/aromatic N) is 2. The van der Waals surface area contributed by atoms with E-state index in [9.17, 15) is 9.59 Å². The van der Waals surface area contributed by atoms with Gasteiger partial charge in [-0.05, 0) is 37.1 Å². The van der Waals surface area contributed by atoms with Crippen LogP contribution in [0.25, 0.3) is 0 Å². The maximum atomic E-state index is 13.0. The molecule has 1 amide bonds. The smallest absolute Gasteiger partial charge is 0.252 e. The molecule has 0 saturated heterocycles. The Morgan fingerprint density at radius 1 is 1.00 bits per heavy atom. The molecule has 0 saturated carbocycles. The van der Waals surface area contributed by atoms with Crippen LogP contribution in [0.1, 0.15) is 69.9 Å². The molecule has 29 heavy (non-hydrogen) atoms. The maximum Gasteiger partial charge on any atom is 0.252 e. The fourth-order valence-electron chi connectivity index (χ4n) is 2.80. The molecule has 150 valence electrons. The number of amides is 1. The normalized spacial score (nSPS) is 11.3. The van der Waals surface area contributed by atoms with Crippen LogP contribution in [0.15, 0.2) is 47.0 Å². The molecule has 3 aromatic rings. The summed E-state index contributed by atoms with van der Waals surface area (Å²) in [6.45, 7) is 9.98. The fraction of sp³-hybridized carbons (Fsp3) is 0.304. The number of benzene rings is 2. The lowest BCUT2D eigenvalue weighted by atomic mass is 9.95. The van der Waals surface area contributed by atoms with Crippen molar-refractivity contribution >= 4 is 11.7 Å². The summed E-state index contributed by atoms with van der Waals surface area (Å²) in [7, 11) is 0. The van der Waals surface area contributed by atoms with Gasteiger partial charge < -0.3 is 9.84 Å². The molecule has 1 aromatic heterocycles. The zero-order chi connectivity index (χ0) is 21.2. The summed E-state index contributed by atoms with van der Waals surface area (Å²) in [4.78, 5) is 30.1. The second-order valence-electron chi connectivity index (χ2n) is 8.12. The lowest BCUT2D eigenvalue weighted by molar-refractivity contribution is 0.0938. The molecule has 2 aromatic carbocycles. The standard InChI is InChI=1S/C23H25N3O3/c1-14-10-11-16(12-15(14)2)20(27)17-8-6-7-9-18(17)21(28)24-13-19-25-22(29-26-19)23(3,4)5/h6-12H,13H2,1-5H3,(H,24,28). The second kappa shape index (κ2) is 7.99. The number of carbonyl (C=O) groups excluding carboxylic acids is 2. The number of carbonyl (C=O) groups is 2. The van der Waals surface area contributed by atoms with Crippen molar-refractivity contribution in [3.8, 4) is 0 Å². The van der Waals surface area contributed by atoms with Crippen molar-refractivity contribution in [2.75, 3.05) is 0 Å². The Labute approximate surface area is 170 Å². The average Bonchev–Trinajstić information content (AvgIpc) is 3.17. The molecule has 0 unspecified atom stereocenters. The van der Waals surface area contributed by atoms with Gasteiger partial charge in [-0.25, -0.2) is 0 Å². The van der Waals surface area contributed by atoms with Crippen LogP contribution in [0.2, 0.25) is 0 Å². The van der Waals surface area contributed by atoms with Gasteiger partial charge in [-0.3, -0.25) is 9.59 Å². The van der Waals surface area contributed by atoms with E-state index in [1.165, 1.54) is 0 Å². The minimum Gasteiger partial charge on any atom is -0.345 e. The van der Waals surface area contributed by atoms with Gasteiger partial charge in [-0.15, -0.1) is 0 Å². The van der Waals surface area contributed by atoms with Crippen LogP contribution in [0.5, 0.6) is 0 Å². The van der Waals surface area contributed by atoms with Crippen LogP contribution in [0, 0.1) is 13.8 Å². The Balaban J connectivity index is 1.79. The highest BCUT2D eigenvalue weighted by Crippen LogP contribution is 2.20. The fourth-order valence-corrected chi connectivity index (χ4v) is 2.80. The Bertz CT molecular complexity index is 1060. The predicted molar refractivity (Wildman–Crippen MR) is 110 cm³/mol. The highest BCUT2D eigenvalue weighted by molar-refractivity contribution is 6.15. The van der Waals surface area contributed by atoms with Crippen molar-refractivity contribution in [3.63, 3.8) is 0 Å². The Morgan fingerprint density at radius 2 is 1.69 bits per heavy atom. The van der Waals surface area contributed by atoms with Gasteiger partial charge in [0.05, 0.1) is 12.1 Å². The summed E-state index contributed by atoms with van der Waals surface area (Å²) in [6, 6.07) is 12.3. The molecular weight excluding hydrogens is 366 g/mol. The maximum absolute atomic E-state index is 13.0. The van der Waals surface area contributed by atoms with Crippen LogP contribution in [-0.2, 0) is 12.0 Å². The number of nitrogens with one attached hydrogen (secondary N) is 1. The van der Waals surface area contributed by atoms with Crippen molar-refractivity contribution < 1.29 is 14.1 Å². The highest BCUT2D eigenvalue weighted by Gasteiger charge is 2.22. The van der Waals surface area contributed by atoms with Gasteiger partial charge in [0.15, 0.2) is 11.6 Å². The van der Waals surface area contributed by atoms with Crippen molar-refractivity contribution in [1.29, 1.82) is 0 Å². The van der Waals surface area contributed by atoms with E-state index in [1.807, 2.05) is 46.8 Å². The molecule has 6 nitrogen and oxygen atoms in total. The Kier molecular flexibility index (Phi) is 5.64. The number of hydrogen-bond acceptors (Lipinski definition) is 5.